The Morgan fingerprint density at radius 2 is 1.29 bits per heavy atom. The van der Waals surface area contributed by atoms with E-state index in [9.17, 15) is 9.90 Å². The molecule has 4 rings (SSSR count). The van der Waals surface area contributed by atoms with Gasteiger partial charge in [-0.1, -0.05) is 26.0 Å². The summed E-state index contributed by atoms with van der Waals surface area (Å²) in [5.74, 6) is -1.27. The molecular formula is C25H30O9. The van der Waals surface area contributed by atoms with E-state index in [-0.39, 0.29) is 34.3 Å². The lowest BCUT2D eigenvalue weighted by molar-refractivity contribution is 0.101. The SMILES string of the molecule is CC.CC(=O)c1cc(O)c(O)c(O)c1.Oc1cc(O)c2c(c1)OCCC2.Oc1ccccc1O. The summed E-state index contributed by atoms with van der Waals surface area (Å²) in [6.07, 6.45) is 1.74. The lowest BCUT2D eigenvalue weighted by Crippen LogP contribution is -2.07. The molecule has 0 saturated carbocycles. The largest absolute Gasteiger partial charge is 0.508 e. The van der Waals surface area contributed by atoms with Gasteiger partial charge in [-0.15, -0.1) is 0 Å². The monoisotopic (exact) mass is 474 g/mol. The van der Waals surface area contributed by atoms with Gasteiger partial charge in [-0.3, -0.25) is 4.79 Å². The average Bonchev–Trinajstić information content (AvgIpc) is 2.81. The van der Waals surface area contributed by atoms with Crippen molar-refractivity contribution in [2.75, 3.05) is 6.61 Å². The maximum atomic E-state index is 10.8. The number of benzene rings is 3. The predicted octanol–water partition coefficient (Wildman–Crippen LogP) is 4.55. The van der Waals surface area contributed by atoms with Gasteiger partial charge in [-0.05, 0) is 44.0 Å². The molecule has 1 aliphatic rings. The molecule has 0 bridgehead atoms. The second-order valence-electron chi connectivity index (χ2n) is 6.80. The highest BCUT2D eigenvalue weighted by molar-refractivity contribution is 5.95. The fourth-order valence-corrected chi connectivity index (χ4v) is 2.70. The minimum absolute atomic E-state index is 0.0492. The van der Waals surface area contributed by atoms with Crippen LogP contribution in [0, 0.1) is 0 Å². The molecule has 0 spiro atoms. The Morgan fingerprint density at radius 3 is 1.76 bits per heavy atom. The fourth-order valence-electron chi connectivity index (χ4n) is 2.70. The van der Waals surface area contributed by atoms with Gasteiger partial charge in [0.05, 0.1) is 6.61 Å². The van der Waals surface area contributed by atoms with Gasteiger partial charge in [0.25, 0.3) is 0 Å². The summed E-state index contributed by atoms with van der Waals surface area (Å²) < 4.78 is 5.27. The molecule has 3 aromatic carbocycles. The van der Waals surface area contributed by atoms with Crippen LogP contribution in [0.25, 0.3) is 0 Å². The number of ether oxygens (including phenoxy) is 1. The molecule has 0 unspecified atom stereocenters. The first-order chi connectivity index (χ1) is 16.1. The number of rotatable bonds is 1. The van der Waals surface area contributed by atoms with Crippen molar-refractivity contribution in [3.8, 4) is 46.0 Å². The van der Waals surface area contributed by atoms with Crippen molar-refractivity contribution in [3.05, 3.63) is 59.7 Å². The first-order valence-electron chi connectivity index (χ1n) is 10.5. The number of carbonyl (C=O) groups is 1. The Morgan fingerprint density at radius 1 is 0.765 bits per heavy atom. The van der Waals surface area contributed by atoms with Crippen LogP contribution in [0.15, 0.2) is 48.5 Å². The van der Waals surface area contributed by atoms with Crippen molar-refractivity contribution in [2.24, 2.45) is 0 Å². The molecular weight excluding hydrogens is 444 g/mol. The molecule has 9 heteroatoms. The number of hydrogen-bond acceptors (Lipinski definition) is 9. The second kappa shape index (κ2) is 13.3. The Bertz CT molecular complexity index is 1050. The van der Waals surface area contributed by atoms with E-state index in [1.807, 2.05) is 13.8 Å². The molecule has 0 saturated heterocycles. The van der Waals surface area contributed by atoms with Gasteiger partial charge in [0, 0.05) is 23.3 Å². The molecule has 0 atom stereocenters. The van der Waals surface area contributed by atoms with Gasteiger partial charge in [-0.25, -0.2) is 0 Å². The predicted molar refractivity (Wildman–Crippen MR) is 126 cm³/mol. The third kappa shape index (κ3) is 8.01. The molecule has 184 valence electrons. The van der Waals surface area contributed by atoms with Crippen molar-refractivity contribution in [1.82, 2.24) is 0 Å². The summed E-state index contributed by atoms with van der Waals surface area (Å²) >= 11 is 0. The van der Waals surface area contributed by atoms with Crippen LogP contribution in [-0.4, -0.2) is 48.1 Å². The molecule has 9 nitrogen and oxygen atoms in total. The fraction of sp³-hybridized carbons (Fsp3) is 0.240. The highest BCUT2D eigenvalue weighted by atomic mass is 16.5. The number of phenols is 7. The van der Waals surface area contributed by atoms with E-state index >= 15 is 0 Å². The Balaban J connectivity index is 0.000000251. The topological polar surface area (TPSA) is 168 Å². The summed E-state index contributed by atoms with van der Waals surface area (Å²) in [6.45, 7) is 5.96. The van der Waals surface area contributed by atoms with Gasteiger partial charge >= 0.3 is 0 Å². The molecule has 0 aromatic heterocycles. The van der Waals surface area contributed by atoms with Gasteiger partial charge in [0.2, 0.25) is 0 Å². The molecule has 7 N–H and O–H groups in total. The molecule has 0 aliphatic carbocycles. The third-order valence-electron chi connectivity index (χ3n) is 4.36. The van der Waals surface area contributed by atoms with Crippen LogP contribution in [0.2, 0.25) is 0 Å². The zero-order valence-corrected chi connectivity index (χ0v) is 19.2. The van der Waals surface area contributed by atoms with E-state index < -0.39 is 17.2 Å². The van der Waals surface area contributed by atoms with Crippen molar-refractivity contribution in [3.63, 3.8) is 0 Å². The number of para-hydroxylation sites is 2. The highest BCUT2D eigenvalue weighted by Gasteiger charge is 2.15. The number of hydrogen-bond donors (Lipinski definition) is 7. The van der Waals surface area contributed by atoms with Crippen molar-refractivity contribution in [2.45, 2.75) is 33.6 Å². The normalized spacial score (nSPS) is 11.0. The van der Waals surface area contributed by atoms with E-state index in [2.05, 4.69) is 0 Å². The third-order valence-corrected chi connectivity index (χ3v) is 4.36. The first kappa shape index (κ1) is 27.8. The van der Waals surface area contributed by atoms with E-state index in [1.54, 1.807) is 12.1 Å². The summed E-state index contributed by atoms with van der Waals surface area (Å²) in [5, 5.41) is 62.7. The molecule has 0 amide bonds. The summed E-state index contributed by atoms with van der Waals surface area (Å²) in [6, 6.07) is 11.2. The van der Waals surface area contributed by atoms with Crippen molar-refractivity contribution < 1.29 is 45.3 Å². The van der Waals surface area contributed by atoms with Gasteiger partial charge in [0.15, 0.2) is 34.5 Å². The lowest BCUT2D eigenvalue weighted by atomic mass is 10.1. The molecule has 1 heterocycles. The van der Waals surface area contributed by atoms with Gasteiger partial charge in [0.1, 0.15) is 17.2 Å². The average molecular weight is 475 g/mol. The maximum Gasteiger partial charge on any atom is 0.200 e. The number of ketones is 1. The number of Topliss-reactive ketones (excluding diaryl/α,β-unsaturated/α-hetero) is 1. The summed E-state index contributed by atoms with van der Waals surface area (Å²) in [5.41, 5.74) is 0.960. The zero-order valence-electron chi connectivity index (χ0n) is 19.2. The van der Waals surface area contributed by atoms with Crippen molar-refractivity contribution in [1.29, 1.82) is 0 Å². The van der Waals surface area contributed by atoms with Crippen LogP contribution in [0.4, 0.5) is 0 Å². The van der Waals surface area contributed by atoms with Crippen LogP contribution in [0.1, 0.15) is 43.1 Å². The number of phenolic OH excluding ortho intramolecular Hbond substituents is 7. The smallest absolute Gasteiger partial charge is 0.200 e. The maximum absolute atomic E-state index is 10.8. The molecule has 0 fully saturated rings. The van der Waals surface area contributed by atoms with Crippen LogP contribution in [-0.2, 0) is 6.42 Å². The molecule has 3 aromatic rings. The number of carbonyl (C=O) groups excluding carboxylic acids is 1. The van der Waals surface area contributed by atoms with E-state index in [0.717, 1.165) is 30.5 Å². The zero-order chi connectivity index (χ0) is 25.8. The first-order valence-corrected chi connectivity index (χ1v) is 10.5. The van der Waals surface area contributed by atoms with Crippen LogP contribution >= 0.6 is 0 Å². The Kier molecular flexibility index (Phi) is 10.9. The molecule has 0 radical (unpaired) electrons. The quantitative estimate of drug-likeness (QED) is 0.198. The second-order valence-corrected chi connectivity index (χ2v) is 6.80. The standard InChI is InChI=1S/C9H10O3.C8H8O4.C6H6O2.C2H6/c10-6-4-8(11)7-2-1-3-12-9(7)5-6;1-4(9)5-2-6(10)8(12)7(11)3-5;7-5-3-1-2-4-6(5)8;1-2/h4-5,10-11H,1-3H2;2-3,10-12H,1H3;1-4,7-8H;1-2H3. The highest BCUT2D eigenvalue weighted by Crippen LogP contribution is 2.36. The number of fused-ring (bicyclic) bond motifs is 1. The molecule has 1 aliphatic heterocycles. The minimum Gasteiger partial charge on any atom is -0.508 e. The minimum atomic E-state index is -0.611. The van der Waals surface area contributed by atoms with E-state index in [0.29, 0.717) is 12.4 Å². The summed E-state index contributed by atoms with van der Waals surface area (Å²) in [7, 11) is 0. The van der Waals surface area contributed by atoms with E-state index in [4.69, 9.17) is 35.4 Å². The molecule has 34 heavy (non-hydrogen) atoms. The Labute approximate surface area is 197 Å². The Hall–Kier alpha value is -4.27. The van der Waals surface area contributed by atoms with Crippen LogP contribution < -0.4 is 4.74 Å². The van der Waals surface area contributed by atoms with Crippen LogP contribution in [0.3, 0.4) is 0 Å². The summed E-state index contributed by atoms with van der Waals surface area (Å²) in [4.78, 5) is 10.8. The lowest BCUT2D eigenvalue weighted by Gasteiger charge is -2.17. The van der Waals surface area contributed by atoms with Crippen molar-refractivity contribution >= 4 is 5.78 Å². The van der Waals surface area contributed by atoms with Crippen LogP contribution in [0.5, 0.6) is 46.0 Å². The van der Waals surface area contributed by atoms with Gasteiger partial charge < -0.3 is 40.5 Å². The van der Waals surface area contributed by atoms with Gasteiger partial charge in [-0.2, -0.15) is 0 Å². The van der Waals surface area contributed by atoms with E-state index in [1.165, 1.54) is 31.2 Å². The number of aromatic hydroxyl groups is 7.